The number of anilines is 1. The third kappa shape index (κ3) is 5.09. The fourth-order valence-corrected chi connectivity index (χ4v) is 6.16. The Morgan fingerprint density at radius 3 is 2.58 bits per heavy atom. The van der Waals surface area contributed by atoms with Crippen molar-refractivity contribution in [3.63, 3.8) is 0 Å². The van der Waals surface area contributed by atoms with Crippen LogP contribution in [0.2, 0.25) is 0 Å². The first-order valence-electron chi connectivity index (χ1n) is 10.0. The Morgan fingerprint density at radius 1 is 1.09 bits per heavy atom. The normalized spacial score (nSPS) is 11.8. The van der Waals surface area contributed by atoms with Crippen LogP contribution in [0.3, 0.4) is 0 Å². The summed E-state index contributed by atoms with van der Waals surface area (Å²) in [4.78, 5) is 23.5. The molecule has 33 heavy (non-hydrogen) atoms. The molecule has 4 aromatic rings. The number of hydrogen-bond acceptors (Lipinski definition) is 7. The zero-order valence-electron chi connectivity index (χ0n) is 18.3. The van der Waals surface area contributed by atoms with E-state index in [2.05, 4.69) is 15.3 Å². The lowest BCUT2D eigenvalue weighted by molar-refractivity contribution is -0.113. The van der Waals surface area contributed by atoms with Gasteiger partial charge >= 0.3 is 0 Å². The van der Waals surface area contributed by atoms with Crippen LogP contribution in [0.4, 0.5) is 5.69 Å². The Labute approximate surface area is 200 Å². The summed E-state index contributed by atoms with van der Waals surface area (Å²) < 4.78 is 26.2. The van der Waals surface area contributed by atoms with Gasteiger partial charge in [0.05, 0.1) is 10.6 Å². The molecule has 0 atom stereocenters. The van der Waals surface area contributed by atoms with E-state index in [4.69, 9.17) is 0 Å². The molecule has 2 aromatic carbocycles. The molecule has 4 rings (SSSR count). The maximum absolute atomic E-state index is 12.6. The van der Waals surface area contributed by atoms with E-state index in [9.17, 15) is 13.2 Å². The highest BCUT2D eigenvalue weighted by atomic mass is 32.2. The molecule has 0 saturated carbocycles. The molecular weight excluding hydrogens is 476 g/mol. The van der Waals surface area contributed by atoms with Crippen LogP contribution in [0, 0.1) is 6.92 Å². The number of aromatic nitrogens is 2. The van der Waals surface area contributed by atoms with Gasteiger partial charge in [0.15, 0.2) is 0 Å². The van der Waals surface area contributed by atoms with E-state index in [1.165, 1.54) is 38.3 Å². The average Bonchev–Trinajstić information content (AvgIpc) is 3.24. The molecule has 10 heteroatoms. The van der Waals surface area contributed by atoms with E-state index >= 15 is 0 Å². The molecule has 0 bridgehead atoms. The molecule has 0 aliphatic heterocycles. The van der Waals surface area contributed by atoms with Crippen molar-refractivity contribution in [3.8, 4) is 10.4 Å². The molecule has 0 aliphatic carbocycles. The second-order valence-electron chi connectivity index (χ2n) is 7.48. The minimum atomic E-state index is -3.61. The highest BCUT2D eigenvalue weighted by molar-refractivity contribution is 8.00. The molecule has 0 spiro atoms. The van der Waals surface area contributed by atoms with E-state index in [1.807, 2.05) is 36.4 Å². The van der Waals surface area contributed by atoms with Crippen molar-refractivity contribution in [2.45, 2.75) is 16.8 Å². The van der Waals surface area contributed by atoms with Crippen LogP contribution < -0.4 is 5.32 Å². The van der Waals surface area contributed by atoms with E-state index in [0.717, 1.165) is 30.0 Å². The molecular formula is C23H22N4O3S3. The van der Waals surface area contributed by atoms with Crippen LogP contribution in [-0.4, -0.2) is 48.4 Å². The van der Waals surface area contributed by atoms with Gasteiger partial charge in [0.25, 0.3) is 0 Å². The highest BCUT2D eigenvalue weighted by Crippen LogP contribution is 2.36. The summed E-state index contributed by atoms with van der Waals surface area (Å²) in [6.07, 6.45) is 1.51. The largest absolute Gasteiger partial charge is 0.325 e. The summed E-state index contributed by atoms with van der Waals surface area (Å²) >= 11 is 2.90. The summed E-state index contributed by atoms with van der Waals surface area (Å²) in [5.41, 5.74) is 2.16. The molecule has 0 fully saturated rings. The van der Waals surface area contributed by atoms with E-state index < -0.39 is 10.0 Å². The first kappa shape index (κ1) is 23.4. The summed E-state index contributed by atoms with van der Waals surface area (Å²) in [6.45, 7) is 1.72. The van der Waals surface area contributed by atoms with Gasteiger partial charge in [0, 0.05) is 30.0 Å². The number of nitrogens with zero attached hydrogens (tertiary/aromatic N) is 3. The topological polar surface area (TPSA) is 92.3 Å². The van der Waals surface area contributed by atoms with Gasteiger partial charge in [-0.05, 0) is 36.2 Å². The van der Waals surface area contributed by atoms with Crippen molar-refractivity contribution >= 4 is 54.9 Å². The number of fused-ring (bicyclic) bond motifs is 1. The molecule has 0 radical (unpaired) electrons. The van der Waals surface area contributed by atoms with E-state index in [-0.39, 0.29) is 16.6 Å². The fraction of sp³-hybridized carbons (Fsp3) is 0.174. The number of rotatable bonds is 7. The quantitative estimate of drug-likeness (QED) is 0.295. The van der Waals surface area contributed by atoms with Gasteiger partial charge in [0.1, 0.15) is 16.2 Å². The lowest BCUT2D eigenvalue weighted by Crippen LogP contribution is -2.23. The van der Waals surface area contributed by atoms with Crippen LogP contribution in [0.25, 0.3) is 20.7 Å². The molecule has 1 N–H and O–H groups in total. The lowest BCUT2D eigenvalue weighted by atomic mass is 10.2. The van der Waals surface area contributed by atoms with Crippen LogP contribution in [0.5, 0.6) is 0 Å². The Balaban J connectivity index is 1.49. The van der Waals surface area contributed by atoms with Gasteiger partial charge in [-0.25, -0.2) is 22.7 Å². The van der Waals surface area contributed by atoms with Crippen molar-refractivity contribution in [1.82, 2.24) is 14.3 Å². The van der Waals surface area contributed by atoms with Crippen molar-refractivity contribution in [2.24, 2.45) is 0 Å². The Morgan fingerprint density at radius 2 is 1.85 bits per heavy atom. The first-order chi connectivity index (χ1) is 15.8. The SMILES string of the molecule is Cc1ccc(NC(=O)CSc2ncnc3sc(-c4ccccc4)cc23)cc1S(=O)(=O)N(C)C. The Hall–Kier alpha value is -2.79. The summed E-state index contributed by atoms with van der Waals surface area (Å²) in [7, 11) is -0.647. The number of amides is 1. The molecule has 1 amide bonds. The summed E-state index contributed by atoms with van der Waals surface area (Å²) in [5, 5.41) is 4.43. The fourth-order valence-electron chi connectivity index (χ4n) is 3.18. The number of carbonyl (C=O) groups is 1. The predicted octanol–water partition coefficient (Wildman–Crippen LogP) is 4.65. The van der Waals surface area contributed by atoms with Gasteiger partial charge in [-0.2, -0.15) is 0 Å². The van der Waals surface area contributed by atoms with E-state index in [1.54, 1.807) is 30.4 Å². The van der Waals surface area contributed by atoms with Crippen molar-refractivity contribution < 1.29 is 13.2 Å². The number of hydrogen-bond donors (Lipinski definition) is 1. The van der Waals surface area contributed by atoms with Gasteiger partial charge in [-0.15, -0.1) is 11.3 Å². The maximum atomic E-state index is 12.6. The minimum absolute atomic E-state index is 0.131. The average molecular weight is 499 g/mol. The van der Waals surface area contributed by atoms with Gasteiger partial charge in [0.2, 0.25) is 15.9 Å². The number of carbonyl (C=O) groups excluding carboxylic acids is 1. The van der Waals surface area contributed by atoms with Crippen LogP contribution >= 0.6 is 23.1 Å². The number of thiophene rings is 1. The van der Waals surface area contributed by atoms with Crippen molar-refractivity contribution in [2.75, 3.05) is 25.2 Å². The van der Waals surface area contributed by atoms with Crippen LogP contribution in [0.15, 0.2) is 70.8 Å². The smallest absolute Gasteiger partial charge is 0.242 e. The molecule has 0 aliphatic rings. The van der Waals surface area contributed by atoms with Crippen molar-refractivity contribution in [3.05, 3.63) is 66.5 Å². The Kier molecular flexibility index (Phi) is 6.80. The van der Waals surface area contributed by atoms with Crippen molar-refractivity contribution in [1.29, 1.82) is 0 Å². The maximum Gasteiger partial charge on any atom is 0.242 e. The standard InChI is InChI=1S/C23H22N4O3S3/c1-15-9-10-17(11-20(15)33(29,30)27(2)3)26-21(28)13-31-22-18-12-19(16-7-5-4-6-8-16)32-23(18)25-14-24-22/h4-12,14H,13H2,1-3H3,(H,26,28). The molecule has 2 heterocycles. The van der Waals surface area contributed by atoms with E-state index in [0.29, 0.717) is 11.3 Å². The second kappa shape index (κ2) is 9.60. The number of nitrogens with one attached hydrogen (secondary N) is 1. The molecule has 7 nitrogen and oxygen atoms in total. The zero-order chi connectivity index (χ0) is 23.6. The number of sulfonamides is 1. The van der Waals surface area contributed by atoms with Crippen LogP contribution in [-0.2, 0) is 14.8 Å². The summed E-state index contributed by atoms with van der Waals surface area (Å²) in [5.74, 6) is -0.117. The van der Waals surface area contributed by atoms with Gasteiger partial charge in [-0.1, -0.05) is 48.2 Å². The third-order valence-electron chi connectivity index (χ3n) is 4.92. The molecule has 0 saturated heterocycles. The minimum Gasteiger partial charge on any atom is -0.325 e. The first-order valence-corrected chi connectivity index (χ1v) is 13.3. The lowest BCUT2D eigenvalue weighted by Gasteiger charge is -2.15. The highest BCUT2D eigenvalue weighted by Gasteiger charge is 2.20. The third-order valence-corrected chi connectivity index (χ3v) is 8.98. The van der Waals surface area contributed by atoms with Gasteiger partial charge < -0.3 is 5.32 Å². The van der Waals surface area contributed by atoms with Crippen LogP contribution in [0.1, 0.15) is 5.56 Å². The summed E-state index contributed by atoms with van der Waals surface area (Å²) in [6, 6.07) is 17.0. The zero-order valence-corrected chi connectivity index (χ0v) is 20.7. The number of benzene rings is 2. The number of aryl methyl sites for hydroxylation is 1. The Bertz CT molecular complexity index is 1420. The monoisotopic (exact) mass is 498 g/mol. The molecule has 0 unspecified atom stereocenters. The molecule has 2 aromatic heterocycles. The molecule has 170 valence electrons. The second-order valence-corrected chi connectivity index (χ2v) is 11.6. The predicted molar refractivity (Wildman–Crippen MR) is 134 cm³/mol. The number of thioether (sulfide) groups is 1. The van der Waals surface area contributed by atoms with Gasteiger partial charge in [-0.3, -0.25) is 4.79 Å².